The molecular weight excluding hydrogens is 382 g/mol. The topological polar surface area (TPSA) is 80.6 Å². The number of carbonyl (C=O) groups excluding carboxylic acids is 2. The summed E-state index contributed by atoms with van der Waals surface area (Å²) < 4.78 is 7.05. The molecule has 8 nitrogen and oxygen atoms in total. The quantitative estimate of drug-likeness (QED) is 0.607. The number of amides is 1. The first-order valence-electron chi connectivity index (χ1n) is 9.84. The molecule has 30 heavy (non-hydrogen) atoms. The third-order valence-electron chi connectivity index (χ3n) is 4.95. The number of benzene rings is 1. The lowest BCUT2D eigenvalue weighted by atomic mass is 10.2. The van der Waals surface area contributed by atoms with Gasteiger partial charge in [0.25, 0.3) is 0 Å². The molecule has 0 spiro atoms. The Bertz CT molecular complexity index is 1030. The molecule has 1 aromatic carbocycles. The van der Waals surface area contributed by atoms with Gasteiger partial charge in [-0.05, 0) is 29.8 Å². The number of rotatable bonds is 5. The van der Waals surface area contributed by atoms with Crippen molar-refractivity contribution in [3.8, 4) is 11.6 Å². The number of ether oxygens (including phenoxy) is 1. The van der Waals surface area contributed by atoms with Crippen molar-refractivity contribution in [1.29, 1.82) is 0 Å². The fraction of sp³-hybridized carbons (Fsp3) is 0.273. The smallest absolute Gasteiger partial charge is 0.344 e. The highest BCUT2D eigenvalue weighted by Crippen LogP contribution is 2.21. The summed E-state index contributed by atoms with van der Waals surface area (Å²) in [6, 6.07) is 14.9. The van der Waals surface area contributed by atoms with Gasteiger partial charge in [-0.1, -0.05) is 18.2 Å². The summed E-state index contributed by atoms with van der Waals surface area (Å²) in [6.07, 6.45) is 3.24. The van der Waals surface area contributed by atoms with Crippen LogP contribution in [0.3, 0.4) is 0 Å². The number of nitrogens with zero attached hydrogens (tertiary/aromatic N) is 5. The van der Waals surface area contributed by atoms with Crippen LogP contribution in [0.1, 0.15) is 23.0 Å². The van der Waals surface area contributed by atoms with Crippen LogP contribution in [0.5, 0.6) is 11.6 Å². The van der Waals surface area contributed by atoms with Crippen LogP contribution in [0.15, 0.2) is 60.9 Å². The lowest BCUT2D eigenvalue weighted by Crippen LogP contribution is -2.49. The lowest BCUT2D eigenvalue weighted by molar-refractivity contribution is 0.101. The summed E-state index contributed by atoms with van der Waals surface area (Å²) in [7, 11) is 0. The van der Waals surface area contributed by atoms with Gasteiger partial charge < -0.3 is 9.64 Å². The van der Waals surface area contributed by atoms with Crippen molar-refractivity contribution < 1.29 is 14.3 Å². The first-order chi connectivity index (χ1) is 14.6. The largest absolute Gasteiger partial charge is 0.439 e. The van der Waals surface area contributed by atoms with E-state index in [0.29, 0.717) is 24.7 Å². The van der Waals surface area contributed by atoms with Crippen molar-refractivity contribution in [1.82, 2.24) is 24.6 Å². The fourth-order valence-electron chi connectivity index (χ4n) is 3.35. The number of carbonyl (C=O) groups is 2. The van der Waals surface area contributed by atoms with Crippen LogP contribution >= 0.6 is 0 Å². The van der Waals surface area contributed by atoms with Crippen molar-refractivity contribution in [2.45, 2.75) is 13.5 Å². The van der Waals surface area contributed by atoms with Gasteiger partial charge in [0, 0.05) is 58.1 Å². The molecule has 0 N–H and O–H groups in total. The van der Waals surface area contributed by atoms with E-state index in [2.05, 4.69) is 21.0 Å². The fourth-order valence-corrected chi connectivity index (χ4v) is 3.35. The molecule has 0 saturated carbocycles. The normalized spacial score (nSPS) is 14.5. The van der Waals surface area contributed by atoms with E-state index in [0.717, 1.165) is 30.9 Å². The van der Waals surface area contributed by atoms with E-state index in [1.807, 2.05) is 36.4 Å². The Hall–Kier alpha value is -3.52. The van der Waals surface area contributed by atoms with Gasteiger partial charge >= 0.3 is 6.03 Å². The Kier molecular flexibility index (Phi) is 5.85. The second kappa shape index (κ2) is 8.87. The van der Waals surface area contributed by atoms with E-state index >= 15 is 0 Å². The summed E-state index contributed by atoms with van der Waals surface area (Å²) in [6.45, 7) is 4.95. The summed E-state index contributed by atoms with van der Waals surface area (Å²) in [5, 5.41) is 4.06. The first-order valence-corrected chi connectivity index (χ1v) is 9.84. The molecule has 1 aliphatic rings. The van der Waals surface area contributed by atoms with Crippen LogP contribution < -0.4 is 4.74 Å². The predicted molar refractivity (Wildman–Crippen MR) is 111 cm³/mol. The summed E-state index contributed by atoms with van der Waals surface area (Å²) in [5.74, 6) is 1.16. The van der Waals surface area contributed by atoms with Crippen LogP contribution in [-0.2, 0) is 6.54 Å². The maximum absolute atomic E-state index is 12.6. The van der Waals surface area contributed by atoms with Crippen LogP contribution in [-0.4, -0.2) is 62.6 Å². The highest BCUT2D eigenvalue weighted by Gasteiger charge is 2.23. The molecule has 4 rings (SSSR count). The molecule has 0 radical (unpaired) electrons. The minimum atomic E-state index is -0.201. The zero-order chi connectivity index (χ0) is 20.9. The van der Waals surface area contributed by atoms with E-state index in [9.17, 15) is 9.59 Å². The molecule has 3 aromatic rings. The molecule has 2 aromatic heterocycles. The van der Waals surface area contributed by atoms with Crippen LogP contribution in [0.2, 0.25) is 0 Å². The first kappa shape index (κ1) is 19.8. The SMILES string of the molecule is CC(=O)c1ccn(C(=O)N2CCN(Cc3cccc(Oc4ccccn4)c3)CC2)n1. The molecule has 0 atom stereocenters. The highest BCUT2D eigenvalue weighted by molar-refractivity contribution is 5.92. The van der Waals surface area contributed by atoms with Gasteiger partial charge in [-0.15, -0.1) is 0 Å². The zero-order valence-electron chi connectivity index (χ0n) is 16.8. The third-order valence-corrected chi connectivity index (χ3v) is 4.95. The van der Waals surface area contributed by atoms with E-state index in [4.69, 9.17) is 4.74 Å². The molecule has 154 valence electrons. The Morgan fingerprint density at radius 2 is 1.87 bits per heavy atom. The molecule has 1 saturated heterocycles. The van der Waals surface area contributed by atoms with Gasteiger partial charge in [-0.3, -0.25) is 9.69 Å². The van der Waals surface area contributed by atoms with E-state index in [1.54, 1.807) is 23.4 Å². The molecule has 1 fully saturated rings. The van der Waals surface area contributed by atoms with E-state index in [-0.39, 0.29) is 11.8 Å². The summed E-state index contributed by atoms with van der Waals surface area (Å²) in [4.78, 5) is 32.2. The Labute approximate surface area is 174 Å². The van der Waals surface area contributed by atoms with Crippen LogP contribution in [0, 0.1) is 0 Å². The monoisotopic (exact) mass is 405 g/mol. The Morgan fingerprint density at radius 1 is 1.03 bits per heavy atom. The van der Waals surface area contributed by atoms with Gasteiger partial charge in [0.1, 0.15) is 11.4 Å². The van der Waals surface area contributed by atoms with Gasteiger partial charge in [-0.25, -0.2) is 9.78 Å². The number of aromatic nitrogens is 3. The molecule has 3 heterocycles. The average molecular weight is 405 g/mol. The zero-order valence-corrected chi connectivity index (χ0v) is 16.8. The molecular formula is C22H23N5O3. The maximum atomic E-state index is 12.6. The Morgan fingerprint density at radius 3 is 2.57 bits per heavy atom. The van der Waals surface area contributed by atoms with E-state index in [1.165, 1.54) is 11.6 Å². The van der Waals surface area contributed by atoms with Crippen molar-refractivity contribution in [3.63, 3.8) is 0 Å². The van der Waals surface area contributed by atoms with Crippen LogP contribution in [0.4, 0.5) is 4.79 Å². The second-order valence-corrected chi connectivity index (χ2v) is 7.16. The lowest BCUT2D eigenvalue weighted by Gasteiger charge is -2.34. The van der Waals surface area contributed by atoms with Crippen LogP contribution in [0.25, 0.3) is 0 Å². The number of Topliss-reactive ketones (excluding diaryl/α,β-unsaturated/α-hetero) is 1. The number of pyridine rings is 1. The van der Waals surface area contributed by atoms with Crippen molar-refractivity contribution in [2.24, 2.45) is 0 Å². The minimum absolute atomic E-state index is 0.152. The van der Waals surface area contributed by atoms with Crippen molar-refractivity contribution in [3.05, 3.63) is 72.2 Å². The van der Waals surface area contributed by atoms with Crippen molar-refractivity contribution in [2.75, 3.05) is 26.2 Å². The predicted octanol–water partition coefficient (Wildman–Crippen LogP) is 3.06. The minimum Gasteiger partial charge on any atom is -0.439 e. The number of hydrogen-bond donors (Lipinski definition) is 0. The molecule has 0 unspecified atom stereocenters. The van der Waals surface area contributed by atoms with Gasteiger partial charge in [0.15, 0.2) is 5.78 Å². The van der Waals surface area contributed by atoms with Gasteiger partial charge in [-0.2, -0.15) is 9.78 Å². The molecule has 1 amide bonds. The van der Waals surface area contributed by atoms with Gasteiger partial charge in [0.2, 0.25) is 5.88 Å². The average Bonchev–Trinajstić information content (AvgIpc) is 3.26. The standard InChI is InChI=1S/C22H23N5O3/c1-17(28)20-8-10-27(24-20)22(29)26-13-11-25(12-14-26)16-18-5-4-6-19(15-18)30-21-7-2-3-9-23-21/h2-10,15H,11-14,16H2,1H3. The second-order valence-electron chi connectivity index (χ2n) is 7.16. The highest BCUT2D eigenvalue weighted by atomic mass is 16.5. The summed E-state index contributed by atoms with van der Waals surface area (Å²) in [5.41, 5.74) is 1.44. The molecule has 0 aliphatic carbocycles. The molecule has 8 heteroatoms. The van der Waals surface area contributed by atoms with Gasteiger partial charge in [0.05, 0.1) is 0 Å². The van der Waals surface area contributed by atoms with Crippen molar-refractivity contribution >= 4 is 11.8 Å². The molecule has 1 aliphatic heterocycles. The molecule has 0 bridgehead atoms. The van der Waals surface area contributed by atoms with E-state index < -0.39 is 0 Å². The number of hydrogen-bond acceptors (Lipinski definition) is 6. The third kappa shape index (κ3) is 4.72. The number of piperazine rings is 1. The maximum Gasteiger partial charge on any atom is 0.344 e. The number of ketones is 1. The summed E-state index contributed by atoms with van der Waals surface area (Å²) >= 11 is 0. The Balaban J connectivity index is 1.32.